The number of hydrogen-bond acceptors (Lipinski definition) is 4. The van der Waals surface area contributed by atoms with Crippen molar-refractivity contribution in [2.24, 2.45) is 0 Å². The van der Waals surface area contributed by atoms with Gasteiger partial charge < -0.3 is 10.6 Å². The normalized spacial score (nSPS) is 23.1. The zero-order chi connectivity index (χ0) is 17.9. The van der Waals surface area contributed by atoms with Gasteiger partial charge in [0, 0.05) is 19.1 Å². The van der Waals surface area contributed by atoms with Gasteiger partial charge in [-0.25, -0.2) is 8.42 Å². The van der Waals surface area contributed by atoms with Crippen molar-refractivity contribution >= 4 is 28.3 Å². The molecule has 26 heavy (non-hydrogen) atoms. The van der Waals surface area contributed by atoms with E-state index in [1.54, 1.807) is 0 Å². The molecule has 6 nitrogen and oxygen atoms in total. The third kappa shape index (κ3) is 4.57. The molecule has 8 heteroatoms. The molecule has 2 atom stereocenters. The zero-order valence-electron chi connectivity index (χ0n) is 15.1. The van der Waals surface area contributed by atoms with E-state index in [2.05, 4.69) is 22.8 Å². The predicted octanol–water partition coefficient (Wildman–Crippen LogP) is 1.62. The Hall–Kier alpha value is -1.15. The fraction of sp³-hybridized carbons (Fsp3) is 0.611. The van der Waals surface area contributed by atoms with Gasteiger partial charge in [-0.3, -0.25) is 4.79 Å². The van der Waals surface area contributed by atoms with Crippen molar-refractivity contribution in [1.29, 1.82) is 0 Å². The van der Waals surface area contributed by atoms with Gasteiger partial charge >= 0.3 is 0 Å². The fourth-order valence-electron chi connectivity index (χ4n) is 3.81. The van der Waals surface area contributed by atoms with Gasteiger partial charge in [0.25, 0.3) is 0 Å². The van der Waals surface area contributed by atoms with Crippen LogP contribution in [-0.4, -0.2) is 50.1 Å². The van der Waals surface area contributed by atoms with E-state index in [1.807, 2.05) is 19.1 Å². The molecule has 0 spiro atoms. The van der Waals surface area contributed by atoms with Crippen molar-refractivity contribution in [3.63, 3.8) is 0 Å². The number of carbonyl (C=O) groups is 1. The number of sulfonamides is 1. The molecular formula is C18H28ClN3O3S. The zero-order valence-corrected chi connectivity index (χ0v) is 16.7. The van der Waals surface area contributed by atoms with E-state index in [9.17, 15) is 13.2 Å². The lowest BCUT2D eigenvalue weighted by Gasteiger charge is -2.28. The molecule has 1 saturated heterocycles. The molecule has 2 N–H and O–H groups in total. The topological polar surface area (TPSA) is 78.5 Å². The maximum absolute atomic E-state index is 12.6. The molecule has 1 aromatic carbocycles. The molecule has 1 aromatic rings. The van der Waals surface area contributed by atoms with E-state index in [0.29, 0.717) is 25.9 Å². The van der Waals surface area contributed by atoms with E-state index in [0.717, 1.165) is 19.4 Å². The Balaban J connectivity index is 0.00000243. The Kier molecular flexibility index (Phi) is 7.46. The molecular weight excluding hydrogens is 374 g/mol. The van der Waals surface area contributed by atoms with Gasteiger partial charge in [0.15, 0.2) is 0 Å². The first-order valence-corrected chi connectivity index (χ1v) is 10.7. The fourth-order valence-corrected chi connectivity index (χ4v) is 5.55. The molecule has 3 rings (SSSR count). The van der Waals surface area contributed by atoms with Crippen LogP contribution in [0.4, 0.5) is 0 Å². The second-order valence-corrected chi connectivity index (χ2v) is 8.83. The summed E-state index contributed by atoms with van der Waals surface area (Å²) in [7, 11) is -3.34. The van der Waals surface area contributed by atoms with Crippen LogP contribution in [0.25, 0.3) is 0 Å². The molecule has 0 aromatic heterocycles. The SMILES string of the molecule is CCCS(=O)(=O)N1CCCC1C(=O)NCC1NCCc2ccccc21.Cl. The van der Waals surface area contributed by atoms with Crippen molar-refractivity contribution in [3.05, 3.63) is 35.4 Å². The van der Waals surface area contributed by atoms with Crippen molar-refractivity contribution < 1.29 is 13.2 Å². The number of nitrogens with zero attached hydrogens (tertiary/aromatic N) is 1. The van der Waals surface area contributed by atoms with Crippen molar-refractivity contribution in [1.82, 2.24) is 14.9 Å². The van der Waals surface area contributed by atoms with Crippen molar-refractivity contribution in [2.45, 2.75) is 44.7 Å². The number of halogens is 1. The van der Waals surface area contributed by atoms with Crippen LogP contribution in [0, 0.1) is 0 Å². The minimum Gasteiger partial charge on any atom is -0.353 e. The lowest BCUT2D eigenvalue weighted by molar-refractivity contribution is -0.124. The van der Waals surface area contributed by atoms with Gasteiger partial charge in [0.05, 0.1) is 5.75 Å². The van der Waals surface area contributed by atoms with Crippen LogP contribution in [0.3, 0.4) is 0 Å². The van der Waals surface area contributed by atoms with E-state index in [-0.39, 0.29) is 30.1 Å². The lowest BCUT2D eigenvalue weighted by Crippen LogP contribution is -2.48. The van der Waals surface area contributed by atoms with Crippen LogP contribution in [0.15, 0.2) is 24.3 Å². The Bertz CT molecular complexity index is 726. The number of rotatable bonds is 6. The molecule has 0 radical (unpaired) electrons. The molecule has 146 valence electrons. The van der Waals surface area contributed by atoms with Crippen LogP contribution in [-0.2, 0) is 21.2 Å². The second kappa shape index (κ2) is 9.17. The lowest BCUT2D eigenvalue weighted by atomic mass is 9.94. The summed E-state index contributed by atoms with van der Waals surface area (Å²) in [6.45, 7) is 3.66. The summed E-state index contributed by atoms with van der Waals surface area (Å²) < 4.78 is 26.1. The summed E-state index contributed by atoms with van der Waals surface area (Å²) in [4.78, 5) is 12.6. The van der Waals surface area contributed by atoms with E-state index < -0.39 is 16.1 Å². The summed E-state index contributed by atoms with van der Waals surface area (Å²) in [5.41, 5.74) is 2.53. The summed E-state index contributed by atoms with van der Waals surface area (Å²) in [6, 6.07) is 7.78. The Morgan fingerprint density at radius 1 is 1.35 bits per heavy atom. The van der Waals surface area contributed by atoms with Crippen LogP contribution < -0.4 is 10.6 Å². The number of fused-ring (bicyclic) bond motifs is 1. The monoisotopic (exact) mass is 401 g/mol. The van der Waals surface area contributed by atoms with Crippen LogP contribution in [0.1, 0.15) is 43.4 Å². The standard InChI is InChI=1S/C18H27N3O3S.ClH/c1-2-12-25(23,24)21-11-5-8-17(21)18(22)20-13-16-15-7-4-3-6-14(15)9-10-19-16;/h3-4,6-7,16-17,19H,2,5,8-13H2,1H3,(H,20,22);1H. The van der Waals surface area contributed by atoms with Crippen LogP contribution in [0.2, 0.25) is 0 Å². The number of benzene rings is 1. The number of carbonyl (C=O) groups excluding carboxylic acids is 1. The third-order valence-corrected chi connectivity index (χ3v) is 7.10. The largest absolute Gasteiger partial charge is 0.353 e. The smallest absolute Gasteiger partial charge is 0.238 e. The van der Waals surface area contributed by atoms with Gasteiger partial charge in [-0.2, -0.15) is 4.31 Å². The van der Waals surface area contributed by atoms with Crippen molar-refractivity contribution in [2.75, 3.05) is 25.4 Å². The van der Waals surface area contributed by atoms with Crippen molar-refractivity contribution in [3.8, 4) is 0 Å². The highest BCUT2D eigenvalue weighted by molar-refractivity contribution is 7.89. The van der Waals surface area contributed by atoms with Gasteiger partial charge in [0.1, 0.15) is 6.04 Å². The Morgan fingerprint density at radius 2 is 2.12 bits per heavy atom. The van der Waals surface area contributed by atoms with Gasteiger partial charge in [-0.05, 0) is 43.4 Å². The average molecular weight is 402 g/mol. The maximum atomic E-state index is 12.6. The molecule has 2 heterocycles. The molecule has 1 fully saturated rings. The van der Waals surface area contributed by atoms with Gasteiger partial charge in [0.2, 0.25) is 15.9 Å². The first-order valence-electron chi connectivity index (χ1n) is 9.11. The molecule has 1 amide bonds. The quantitative estimate of drug-likeness (QED) is 0.759. The number of nitrogens with one attached hydrogen (secondary N) is 2. The summed E-state index contributed by atoms with van der Waals surface area (Å²) in [5.74, 6) is -0.0732. The summed E-state index contributed by atoms with van der Waals surface area (Å²) >= 11 is 0. The first kappa shape index (κ1) is 21.2. The highest BCUT2D eigenvalue weighted by Crippen LogP contribution is 2.24. The third-order valence-electron chi connectivity index (χ3n) is 5.02. The predicted molar refractivity (Wildman–Crippen MR) is 105 cm³/mol. The maximum Gasteiger partial charge on any atom is 0.238 e. The van der Waals surface area contributed by atoms with Crippen LogP contribution in [0.5, 0.6) is 0 Å². The summed E-state index contributed by atoms with van der Waals surface area (Å²) in [6.07, 6.45) is 2.90. The molecule has 2 unspecified atom stereocenters. The average Bonchev–Trinajstić information content (AvgIpc) is 3.10. The highest BCUT2D eigenvalue weighted by Gasteiger charge is 2.38. The van der Waals surface area contributed by atoms with Gasteiger partial charge in [-0.15, -0.1) is 12.4 Å². The van der Waals surface area contributed by atoms with E-state index in [1.165, 1.54) is 15.4 Å². The molecule has 2 aliphatic rings. The van der Waals surface area contributed by atoms with Crippen LogP contribution >= 0.6 is 12.4 Å². The molecule has 0 aliphatic carbocycles. The Labute approximate surface area is 162 Å². The number of amides is 1. The molecule has 0 bridgehead atoms. The minimum absolute atomic E-state index is 0. The Morgan fingerprint density at radius 3 is 2.88 bits per heavy atom. The first-order chi connectivity index (χ1) is 12.0. The molecule has 2 aliphatic heterocycles. The second-order valence-electron chi connectivity index (χ2n) is 6.79. The van der Waals surface area contributed by atoms with E-state index in [4.69, 9.17) is 0 Å². The highest BCUT2D eigenvalue weighted by atomic mass is 35.5. The van der Waals surface area contributed by atoms with E-state index >= 15 is 0 Å². The minimum atomic E-state index is -3.34. The summed E-state index contributed by atoms with van der Waals surface area (Å²) in [5, 5.41) is 6.41. The number of hydrogen-bond donors (Lipinski definition) is 2. The van der Waals surface area contributed by atoms with Gasteiger partial charge in [-0.1, -0.05) is 31.2 Å². The molecule has 0 saturated carbocycles.